The third-order valence-corrected chi connectivity index (χ3v) is 3.81. The average molecular weight is 369 g/mol. The van der Waals surface area contributed by atoms with E-state index in [0.29, 0.717) is 27.5 Å². The van der Waals surface area contributed by atoms with Crippen molar-refractivity contribution < 1.29 is 14.0 Å². The second-order valence-electron chi connectivity index (χ2n) is 5.51. The fourth-order valence-corrected chi connectivity index (χ4v) is 2.50. The van der Waals surface area contributed by atoms with Crippen molar-refractivity contribution in [2.45, 2.75) is 0 Å². The Morgan fingerprint density at radius 1 is 0.731 bits per heavy atom. The van der Waals surface area contributed by atoms with E-state index >= 15 is 0 Å². The zero-order valence-electron chi connectivity index (χ0n) is 13.5. The normalized spacial score (nSPS) is 10.2. The minimum Gasteiger partial charge on any atom is -0.322 e. The van der Waals surface area contributed by atoms with Crippen LogP contribution < -0.4 is 10.6 Å². The van der Waals surface area contributed by atoms with Crippen LogP contribution in [0, 0.1) is 5.82 Å². The summed E-state index contributed by atoms with van der Waals surface area (Å²) in [7, 11) is 0. The van der Waals surface area contributed by atoms with Gasteiger partial charge >= 0.3 is 0 Å². The number of halogens is 2. The topological polar surface area (TPSA) is 58.2 Å². The molecule has 4 nitrogen and oxygen atoms in total. The van der Waals surface area contributed by atoms with Crippen LogP contribution in [0.3, 0.4) is 0 Å². The van der Waals surface area contributed by atoms with E-state index in [9.17, 15) is 14.0 Å². The molecule has 0 aromatic heterocycles. The molecule has 0 atom stereocenters. The van der Waals surface area contributed by atoms with E-state index in [0.717, 1.165) is 0 Å². The lowest BCUT2D eigenvalue weighted by Gasteiger charge is -2.08. The lowest BCUT2D eigenvalue weighted by atomic mass is 10.1. The van der Waals surface area contributed by atoms with Crippen LogP contribution in [-0.2, 0) is 0 Å². The summed E-state index contributed by atoms with van der Waals surface area (Å²) in [6.07, 6.45) is 0. The number of benzene rings is 3. The van der Waals surface area contributed by atoms with E-state index in [1.54, 1.807) is 42.5 Å². The first kappa shape index (κ1) is 17.6. The molecule has 3 aromatic carbocycles. The number of hydrogen-bond acceptors (Lipinski definition) is 2. The van der Waals surface area contributed by atoms with Crippen LogP contribution in [0.1, 0.15) is 20.7 Å². The highest BCUT2D eigenvalue weighted by Crippen LogP contribution is 2.16. The van der Waals surface area contributed by atoms with Gasteiger partial charge in [0, 0.05) is 27.5 Å². The van der Waals surface area contributed by atoms with Gasteiger partial charge in [-0.05, 0) is 60.7 Å². The third kappa shape index (κ3) is 4.46. The molecule has 2 N–H and O–H groups in total. The van der Waals surface area contributed by atoms with Gasteiger partial charge in [-0.2, -0.15) is 0 Å². The molecule has 0 bridgehead atoms. The predicted octanol–water partition coefficient (Wildman–Crippen LogP) is 4.98. The molecule has 6 heteroatoms. The summed E-state index contributed by atoms with van der Waals surface area (Å²) in [6, 6.07) is 18.6. The maximum atomic E-state index is 13.2. The van der Waals surface area contributed by atoms with Gasteiger partial charge in [0.05, 0.1) is 0 Å². The third-order valence-electron chi connectivity index (χ3n) is 3.57. The van der Waals surface area contributed by atoms with Crippen LogP contribution >= 0.6 is 11.6 Å². The van der Waals surface area contributed by atoms with Gasteiger partial charge in [0.25, 0.3) is 11.8 Å². The lowest BCUT2D eigenvalue weighted by Crippen LogP contribution is -2.14. The fourth-order valence-electron chi connectivity index (χ4n) is 2.31. The van der Waals surface area contributed by atoms with Gasteiger partial charge < -0.3 is 10.6 Å². The first-order chi connectivity index (χ1) is 12.5. The standard InChI is InChI=1S/C20H14ClFN2O2/c21-15-3-1-5-17(11-15)23-19(25)13-7-9-14(10-8-13)20(26)24-18-6-2-4-16(22)12-18/h1-12H,(H,23,25)(H,24,26). The Kier molecular flexibility index (Phi) is 5.29. The fraction of sp³-hybridized carbons (Fsp3) is 0. The molecular formula is C20H14ClFN2O2. The van der Waals surface area contributed by atoms with Gasteiger partial charge in [0.2, 0.25) is 0 Å². The largest absolute Gasteiger partial charge is 0.322 e. The molecular weight excluding hydrogens is 355 g/mol. The minimum absolute atomic E-state index is 0.315. The summed E-state index contributed by atoms with van der Waals surface area (Å²) in [6.45, 7) is 0. The molecule has 0 fully saturated rings. The molecule has 0 heterocycles. The average Bonchev–Trinajstić information content (AvgIpc) is 2.62. The Morgan fingerprint density at radius 2 is 1.23 bits per heavy atom. The quantitative estimate of drug-likeness (QED) is 0.682. The second-order valence-corrected chi connectivity index (χ2v) is 5.94. The van der Waals surface area contributed by atoms with E-state index in [2.05, 4.69) is 10.6 Å². The van der Waals surface area contributed by atoms with Crippen molar-refractivity contribution in [3.63, 3.8) is 0 Å². The number of hydrogen-bond donors (Lipinski definition) is 2. The Labute approximate surface area is 154 Å². The van der Waals surface area contributed by atoms with Crippen molar-refractivity contribution in [1.82, 2.24) is 0 Å². The highest BCUT2D eigenvalue weighted by atomic mass is 35.5. The Balaban J connectivity index is 1.67. The van der Waals surface area contributed by atoms with Gasteiger partial charge in [-0.1, -0.05) is 23.7 Å². The highest BCUT2D eigenvalue weighted by Gasteiger charge is 2.10. The number of carbonyl (C=O) groups excluding carboxylic acids is 2. The van der Waals surface area contributed by atoms with Gasteiger partial charge in [0.1, 0.15) is 5.82 Å². The number of carbonyl (C=O) groups is 2. The smallest absolute Gasteiger partial charge is 0.255 e. The van der Waals surface area contributed by atoms with Crippen LogP contribution in [0.5, 0.6) is 0 Å². The maximum Gasteiger partial charge on any atom is 0.255 e. The van der Waals surface area contributed by atoms with E-state index in [1.165, 1.54) is 30.3 Å². The summed E-state index contributed by atoms with van der Waals surface area (Å²) in [5, 5.41) is 5.85. The van der Waals surface area contributed by atoms with E-state index < -0.39 is 11.7 Å². The summed E-state index contributed by atoms with van der Waals surface area (Å²) < 4.78 is 13.2. The van der Waals surface area contributed by atoms with E-state index in [1.807, 2.05) is 0 Å². The van der Waals surface area contributed by atoms with Crippen LogP contribution in [0.4, 0.5) is 15.8 Å². The molecule has 2 amide bonds. The first-order valence-corrected chi connectivity index (χ1v) is 8.13. The first-order valence-electron chi connectivity index (χ1n) is 7.75. The van der Waals surface area contributed by atoms with Crippen molar-refractivity contribution in [3.05, 3.63) is 94.8 Å². The summed E-state index contributed by atoms with van der Waals surface area (Å²) in [5.41, 5.74) is 1.69. The summed E-state index contributed by atoms with van der Waals surface area (Å²) >= 11 is 5.89. The molecule has 0 spiro atoms. The van der Waals surface area contributed by atoms with Crippen LogP contribution in [-0.4, -0.2) is 11.8 Å². The zero-order valence-corrected chi connectivity index (χ0v) is 14.3. The number of nitrogens with one attached hydrogen (secondary N) is 2. The molecule has 0 unspecified atom stereocenters. The zero-order chi connectivity index (χ0) is 18.5. The van der Waals surface area contributed by atoms with Gasteiger partial charge in [-0.15, -0.1) is 0 Å². The summed E-state index contributed by atoms with van der Waals surface area (Å²) in [4.78, 5) is 24.4. The Hall–Kier alpha value is -3.18. The molecule has 0 aliphatic heterocycles. The minimum atomic E-state index is -0.434. The molecule has 0 radical (unpaired) electrons. The van der Waals surface area contributed by atoms with E-state index in [-0.39, 0.29) is 5.91 Å². The molecule has 0 aliphatic carbocycles. The van der Waals surface area contributed by atoms with Gasteiger partial charge in [-0.3, -0.25) is 9.59 Å². The lowest BCUT2D eigenvalue weighted by molar-refractivity contribution is 0.101. The number of rotatable bonds is 4. The van der Waals surface area contributed by atoms with Crippen LogP contribution in [0.25, 0.3) is 0 Å². The molecule has 0 saturated carbocycles. The van der Waals surface area contributed by atoms with Crippen LogP contribution in [0.15, 0.2) is 72.8 Å². The Morgan fingerprint density at radius 3 is 1.73 bits per heavy atom. The van der Waals surface area contributed by atoms with Crippen molar-refractivity contribution in [2.24, 2.45) is 0 Å². The predicted molar refractivity (Wildman–Crippen MR) is 100 cm³/mol. The van der Waals surface area contributed by atoms with Crippen molar-refractivity contribution >= 4 is 34.8 Å². The molecule has 3 aromatic rings. The number of amides is 2. The molecule has 0 aliphatic rings. The summed E-state index contributed by atoms with van der Waals surface area (Å²) in [5.74, 6) is -1.14. The molecule has 26 heavy (non-hydrogen) atoms. The molecule has 3 rings (SSSR count). The monoisotopic (exact) mass is 368 g/mol. The van der Waals surface area contributed by atoms with Crippen molar-refractivity contribution in [2.75, 3.05) is 10.6 Å². The number of anilines is 2. The van der Waals surface area contributed by atoms with Crippen LogP contribution in [0.2, 0.25) is 5.02 Å². The van der Waals surface area contributed by atoms with Gasteiger partial charge in [-0.25, -0.2) is 4.39 Å². The van der Waals surface area contributed by atoms with Crippen molar-refractivity contribution in [3.8, 4) is 0 Å². The molecule has 130 valence electrons. The molecule has 0 saturated heterocycles. The van der Waals surface area contributed by atoms with E-state index in [4.69, 9.17) is 11.6 Å². The van der Waals surface area contributed by atoms with Crippen molar-refractivity contribution in [1.29, 1.82) is 0 Å². The maximum absolute atomic E-state index is 13.2. The second kappa shape index (κ2) is 7.80. The Bertz CT molecular complexity index is 880. The van der Waals surface area contributed by atoms with Gasteiger partial charge in [0.15, 0.2) is 0 Å². The highest BCUT2D eigenvalue weighted by molar-refractivity contribution is 6.31. The SMILES string of the molecule is O=C(Nc1cccc(F)c1)c1ccc(C(=O)Nc2cccc(Cl)c2)cc1.